The normalized spacial score (nSPS) is 17.6. The van der Waals surface area contributed by atoms with Gasteiger partial charge in [-0.15, -0.1) is 0 Å². The highest BCUT2D eigenvalue weighted by atomic mass is 32.2. The summed E-state index contributed by atoms with van der Waals surface area (Å²) >= 11 is 0. The van der Waals surface area contributed by atoms with Crippen molar-refractivity contribution >= 4 is 21.6 Å². The van der Waals surface area contributed by atoms with Crippen molar-refractivity contribution in [2.24, 2.45) is 0 Å². The maximum atomic E-state index is 13.4. The minimum atomic E-state index is -3.63. The quantitative estimate of drug-likeness (QED) is 0.887. The number of benzene rings is 2. The lowest BCUT2D eigenvalue weighted by molar-refractivity contribution is -0.120. The molecule has 1 aliphatic heterocycles. The van der Waals surface area contributed by atoms with E-state index in [0.717, 1.165) is 23.3 Å². The van der Waals surface area contributed by atoms with E-state index in [1.54, 1.807) is 0 Å². The Morgan fingerprint density at radius 3 is 2.50 bits per heavy atom. The first kappa shape index (κ1) is 18.5. The van der Waals surface area contributed by atoms with Crippen LogP contribution in [0.4, 0.5) is 14.5 Å². The van der Waals surface area contributed by atoms with Crippen LogP contribution in [0.15, 0.2) is 42.5 Å². The van der Waals surface area contributed by atoms with Gasteiger partial charge in [-0.2, -0.15) is 4.31 Å². The Balaban J connectivity index is 1.91. The maximum absolute atomic E-state index is 13.4. The number of nitrogens with one attached hydrogen (secondary N) is 1. The van der Waals surface area contributed by atoms with Crippen molar-refractivity contribution in [3.8, 4) is 0 Å². The molecule has 1 atom stereocenters. The number of fused-ring (bicyclic) bond motifs is 1. The van der Waals surface area contributed by atoms with Gasteiger partial charge in [0.05, 0.1) is 5.75 Å². The van der Waals surface area contributed by atoms with Gasteiger partial charge in [-0.25, -0.2) is 17.2 Å². The van der Waals surface area contributed by atoms with Gasteiger partial charge in [0, 0.05) is 18.3 Å². The fraction of sp³-hybridized carbons (Fsp3) is 0.278. The van der Waals surface area contributed by atoms with Crippen molar-refractivity contribution in [3.05, 3.63) is 65.2 Å². The summed E-state index contributed by atoms with van der Waals surface area (Å²) in [6.07, 6.45) is 0.213. The predicted molar refractivity (Wildman–Crippen MR) is 93.9 cm³/mol. The molecule has 0 spiro atoms. The van der Waals surface area contributed by atoms with E-state index in [-0.39, 0.29) is 24.4 Å². The zero-order valence-electron chi connectivity index (χ0n) is 14.1. The van der Waals surface area contributed by atoms with Gasteiger partial charge >= 0.3 is 0 Å². The van der Waals surface area contributed by atoms with E-state index in [1.165, 1.54) is 17.3 Å². The van der Waals surface area contributed by atoms with E-state index in [0.29, 0.717) is 0 Å². The van der Waals surface area contributed by atoms with Gasteiger partial charge < -0.3 is 5.32 Å². The SMILES string of the molecule is CCS(=O)(=O)N1Cc2ccccc2C[C@H]1C(=O)Nc1ccc(F)c(F)c1. The van der Waals surface area contributed by atoms with Gasteiger partial charge in [0.15, 0.2) is 11.6 Å². The minimum Gasteiger partial charge on any atom is -0.325 e. The zero-order valence-corrected chi connectivity index (χ0v) is 14.9. The third kappa shape index (κ3) is 3.61. The fourth-order valence-electron chi connectivity index (χ4n) is 2.98. The second kappa shape index (κ2) is 7.13. The first-order chi connectivity index (χ1) is 12.3. The van der Waals surface area contributed by atoms with Crippen molar-refractivity contribution in [2.75, 3.05) is 11.1 Å². The smallest absolute Gasteiger partial charge is 0.243 e. The van der Waals surface area contributed by atoms with Gasteiger partial charge in [-0.05, 0) is 36.6 Å². The molecule has 0 saturated heterocycles. The Labute approximate surface area is 150 Å². The van der Waals surface area contributed by atoms with Crippen LogP contribution in [-0.4, -0.2) is 30.4 Å². The monoisotopic (exact) mass is 380 g/mol. The molecule has 8 heteroatoms. The molecule has 0 aliphatic carbocycles. The topological polar surface area (TPSA) is 66.5 Å². The Bertz CT molecular complexity index is 947. The standard InChI is InChI=1S/C18H18F2N2O3S/c1-2-26(24,25)22-11-13-6-4-3-5-12(13)9-17(22)18(23)21-14-7-8-15(19)16(20)10-14/h3-8,10,17H,2,9,11H2,1H3,(H,21,23)/t17-/m0/s1. The van der Waals surface area contributed by atoms with Crippen LogP contribution in [0.5, 0.6) is 0 Å². The number of amides is 1. The summed E-state index contributed by atoms with van der Waals surface area (Å²) in [5, 5.41) is 2.48. The molecule has 1 amide bonds. The largest absolute Gasteiger partial charge is 0.325 e. The van der Waals surface area contributed by atoms with Crippen molar-refractivity contribution in [2.45, 2.75) is 25.9 Å². The highest BCUT2D eigenvalue weighted by molar-refractivity contribution is 7.89. The summed E-state index contributed by atoms with van der Waals surface area (Å²) < 4.78 is 52.5. The van der Waals surface area contributed by atoms with Crippen LogP contribution < -0.4 is 5.32 Å². The Morgan fingerprint density at radius 2 is 1.85 bits per heavy atom. The third-order valence-corrected chi connectivity index (χ3v) is 6.25. The van der Waals surface area contributed by atoms with Crippen LogP contribution in [0.3, 0.4) is 0 Å². The van der Waals surface area contributed by atoms with Crippen LogP contribution in [-0.2, 0) is 27.8 Å². The van der Waals surface area contributed by atoms with Crippen molar-refractivity contribution in [3.63, 3.8) is 0 Å². The summed E-state index contributed by atoms with van der Waals surface area (Å²) in [4.78, 5) is 12.7. The summed E-state index contributed by atoms with van der Waals surface area (Å²) in [6, 6.07) is 9.36. The zero-order chi connectivity index (χ0) is 18.9. The fourth-order valence-corrected chi connectivity index (χ4v) is 4.21. The summed E-state index contributed by atoms with van der Waals surface area (Å²) in [5.41, 5.74) is 1.81. The highest BCUT2D eigenvalue weighted by Crippen LogP contribution is 2.27. The Morgan fingerprint density at radius 1 is 1.15 bits per heavy atom. The number of halogens is 2. The molecule has 5 nitrogen and oxygen atoms in total. The van der Waals surface area contributed by atoms with Crippen molar-refractivity contribution < 1.29 is 22.0 Å². The molecule has 2 aromatic carbocycles. The van der Waals surface area contributed by atoms with Crippen LogP contribution in [0.2, 0.25) is 0 Å². The van der Waals surface area contributed by atoms with Crippen LogP contribution in [0.25, 0.3) is 0 Å². The number of nitrogens with zero attached hydrogens (tertiary/aromatic N) is 1. The lowest BCUT2D eigenvalue weighted by Crippen LogP contribution is -2.51. The van der Waals surface area contributed by atoms with E-state index in [4.69, 9.17) is 0 Å². The minimum absolute atomic E-state index is 0.0709. The van der Waals surface area contributed by atoms with Gasteiger partial charge in [-0.1, -0.05) is 24.3 Å². The second-order valence-electron chi connectivity index (χ2n) is 6.05. The molecule has 1 heterocycles. The average Bonchev–Trinajstić information content (AvgIpc) is 2.63. The molecule has 0 unspecified atom stereocenters. The molecule has 138 valence electrons. The van der Waals surface area contributed by atoms with Crippen LogP contribution in [0, 0.1) is 11.6 Å². The molecule has 1 N–H and O–H groups in total. The van der Waals surface area contributed by atoms with E-state index in [9.17, 15) is 22.0 Å². The molecule has 26 heavy (non-hydrogen) atoms. The van der Waals surface area contributed by atoms with Gasteiger partial charge in [0.1, 0.15) is 6.04 Å². The molecular formula is C18H18F2N2O3S. The summed E-state index contributed by atoms with van der Waals surface area (Å²) in [6.45, 7) is 1.61. The van der Waals surface area contributed by atoms with E-state index >= 15 is 0 Å². The van der Waals surface area contributed by atoms with Crippen molar-refractivity contribution in [1.82, 2.24) is 4.31 Å². The first-order valence-electron chi connectivity index (χ1n) is 8.14. The van der Waals surface area contributed by atoms with Gasteiger partial charge in [-0.3, -0.25) is 4.79 Å². The molecule has 0 saturated carbocycles. The van der Waals surface area contributed by atoms with Crippen LogP contribution in [0.1, 0.15) is 18.1 Å². The molecule has 0 aromatic heterocycles. The van der Waals surface area contributed by atoms with E-state index < -0.39 is 33.6 Å². The Hall–Kier alpha value is -2.32. The number of anilines is 1. The number of carbonyl (C=O) groups excluding carboxylic acids is 1. The predicted octanol–water partition coefficient (Wildman–Crippen LogP) is 2.68. The van der Waals surface area contributed by atoms with Crippen LogP contribution >= 0.6 is 0 Å². The molecule has 1 aliphatic rings. The molecule has 0 bridgehead atoms. The van der Waals surface area contributed by atoms with E-state index in [2.05, 4.69) is 5.32 Å². The molecule has 3 rings (SSSR count). The van der Waals surface area contributed by atoms with E-state index in [1.807, 2.05) is 24.3 Å². The average molecular weight is 380 g/mol. The number of carbonyl (C=O) groups is 1. The maximum Gasteiger partial charge on any atom is 0.243 e. The number of hydrogen-bond donors (Lipinski definition) is 1. The number of rotatable bonds is 4. The molecule has 2 aromatic rings. The van der Waals surface area contributed by atoms with Gasteiger partial charge in [0.2, 0.25) is 15.9 Å². The highest BCUT2D eigenvalue weighted by Gasteiger charge is 2.37. The Kier molecular flexibility index (Phi) is 5.06. The van der Waals surface area contributed by atoms with Crippen molar-refractivity contribution in [1.29, 1.82) is 0 Å². The molecular weight excluding hydrogens is 362 g/mol. The number of sulfonamides is 1. The third-order valence-electron chi connectivity index (χ3n) is 4.42. The first-order valence-corrected chi connectivity index (χ1v) is 9.75. The summed E-state index contributed by atoms with van der Waals surface area (Å²) in [5.74, 6) is -2.83. The summed E-state index contributed by atoms with van der Waals surface area (Å²) in [7, 11) is -3.63. The molecule has 0 radical (unpaired) electrons. The second-order valence-corrected chi connectivity index (χ2v) is 8.26. The lowest BCUT2D eigenvalue weighted by Gasteiger charge is -2.34. The lowest BCUT2D eigenvalue weighted by atomic mass is 9.95. The number of hydrogen-bond acceptors (Lipinski definition) is 3. The molecule has 0 fully saturated rings. The van der Waals surface area contributed by atoms with Gasteiger partial charge in [0.25, 0.3) is 0 Å².